The summed E-state index contributed by atoms with van der Waals surface area (Å²) in [6.45, 7) is 6.32. The van der Waals surface area contributed by atoms with E-state index in [9.17, 15) is 5.11 Å². The second kappa shape index (κ2) is 5.44. The summed E-state index contributed by atoms with van der Waals surface area (Å²) in [5.41, 5.74) is 1.02. The minimum Gasteiger partial charge on any atom is -0.394 e. The zero-order chi connectivity index (χ0) is 10.6. The van der Waals surface area contributed by atoms with Gasteiger partial charge in [0.05, 0.1) is 12.6 Å². The molecule has 1 aromatic rings. The first-order valence-corrected chi connectivity index (χ1v) is 5.84. The monoisotopic (exact) mass is 214 g/mol. The molecule has 14 heavy (non-hydrogen) atoms. The lowest BCUT2D eigenvalue weighted by atomic mass is 10.2. The van der Waals surface area contributed by atoms with Crippen LogP contribution in [0, 0.1) is 6.92 Å². The lowest BCUT2D eigenvalue weighted by Gasteiger charge is -2.18. The molecule has 2 N–H and O–H groups in total. The van der Waals surface area contributed by atoms with Crippen LogP contribution >= 0.6 is 11.3 Å². The minimum absolute atomic E-state index is 0.0105. The smallest absolute Gasteiger partial charge is 0.112 e. The zero-order valence-corrected chi connectivity index (χ0v) is 9.77. The standard InChI is InChI=1S/C10H18N2OS/c1-4-7(2)11-9(5-13)10-12-8(3)6-14-10/h6-7,9,11,13H,4-5H2,1-3H3. The van der Waals surface area contributed by atoms with Gasteiger partial charge in [-0.2, -0.15) is 0 Å². The number of aryl methyl sites for hydroxylation is 1. The van der Waals surface area contributed by atoms with E-state index in [0.717, 1.165) is 17.1 Å². The highest BCUT2D eigenvalue weighted by Crippen LogP contribution is 2.18. The maximum Gasteiger partial charge on any atom is 0.112 e. The van der Waals surface area contributed by atoms with Crippen LogP contribution in [-0.4, -0.2) is 22.7 Å². The van der Waals surface area contributed by atoms with Gasteiger partial charge in [0.25, 0.3) is 0 Å². The van der Waals surface area contributed by atoms with Gasteiger partial charge in [-0.15, -0.1) is 11.3 Å². The van der Waals surface area contributed by atoms with Crippen LogP contribution in [0.4, 0.5) is 0 Å². The van der Waals surface area contributed by atoms with Crippen LogP contribution in [-0.2, 0) is 0 Å². The molecule has 0 bridgehead atoms. The molecule has 3 nitrogen and oxygen atoms in total. The van der Waals surface area contributed by atoms with Crippen LogP contribution in [0.15, 0.2) is 5.38 Å². The zero-order valence-electron chi connectivity index (χ0n) is 8.95. The van der Waals surface area contributed by atoms with Crippen molar-refractivity contribution in [3.8, 4) is 0 Å². The number of rotatable bonds is 5. The second-order valence-corrected chi connectivity index (χ2v) is 4.43. The van der Waals surface area contributed by atoms with Crippen molar-refractivity contribution in [1.82, 2.24) is 10.3 Å². The van der Waals surface area contributed by atoms with Gasteiger partial charge in [0.2, 0.25) is 0 Å². The second-order valence-electron chi connectivity index (χ2n) is 3.54. The van der Waals surface area contributed by atoms with Crippen molar-refractivity contribution < 1.29 is 5.11 Å². The fourth-order valence-corrected chi connectivity index (χ4v) is 2.04. The molecule has 0 radical (unpaired) electrons. The third-order valence-electron chi connectivity index (χ3n) is 2.22. The van der Waals surface area contributed by atoms with Gasteiger partial charge >= 0.3 is 0 Å². The van der Waals surface area contributed by atoms with Gasteiger partial charge in [-0.25, -0.2) is 4.98 Å². The SMILES string of the molecule is CCC(C)NC(CO)c1nc(C)cs1. The fraction of sp³-hybridized carbons (Fsp3) is 0.700. The maximum atomic E-state index is 9.24. The average molecular weight is 214 g/mol. The van der Waals surface area contributed by atoms with Crippen molar-refractivity contribution in [1.29, 1.82) is 0 Å². The van der Waals surface area contributed by atoms with E-state index >= 15 is 0 Å². The molecule has 0 aromatic carbocycles. The van der Waals surface area contributed by atoms with Crippen LogP contribution in [0.3, 0.4) is 0 Å². The molecule has 4 heteroatoms. The van der Waals surface area contributed by atoms with E-state index in [1.54, 1.807) is 11.3 Å². The predicted octanol–water partition coefficient (Wildman–Crippen LogP) is 1.87. The predicted molar refractivity (Wildman–Crippen MR) is 59.6 cm³/mol. The molecule has 0 saturated heterocycles. The minimum atomic E-state index is -0.0105. The van der Waals surface area contributed by atoms with E-state index in [2.05, 4.69) is 24.1 Å². The number of aromatic nitrogens is 1. The van der Waals surface area contributed by atoms with Gasteiger partial charge in [-0.1, -0.05) is 6.92 Å². The molecule has 1 heterocycles. The first kappa shape index (κ1) is 11.6. The topological polar surface area (TPSA) is 45.1 Å². The normalized spacial score (nSPS) is 15.4. The summed E-state index contributed by atoms with van der Waals surface area (Å²) in [6, 6.07) is 0.403. The number of aliphatic hydroxyl groups excluding tert-OH is 1. The Kier molecular flexibility index (Phi) is 4.51. The summed E-state index contributed by atoms with van der Waals surface area (Å²) >= 11 is 1.60. The van der Waals surface area contributed by atoms with Crippen LogP contribution in [0.2, 0.25) is 0 Å². The maximum absolute atomic E-state index is 9.24. The Morgan fingerprint density at radius 3 is 2.79 bits per heavy atom. The highest BCUT2D eigenvalue weighted by Gasteiger charge is 2.15. The quantitative estimate of drug-likeness (QED) is 0.786. The molecule has 1 rings (SSSR count). The van der Waals surface area contributed by atoms with E-state index in [1.807, 2.05) is 12.3 Å². The average Bonchev–Trinajstić information content (AvgIpc) is 2.60. The van der Waals surface area contributed by atoms with Crippen molar-refractivity contribution in [3.63, 3.8) is 0 Å². The summed E-state index contributed by atoms with van der Waals surface area (Å²) in [6.07, 6.45) is 1.06. The molecule has 0 spiro atoms. The molecule has 0 saturated carbocycles. The lowest BCUT2D eigenvalue weighted by molar-refractivity contribution is 0.233. The van der Waals surface area contributed by atoms with Crippen molar-refractivity contribution in [2.75, 3.05) is 6.61 Å². The highest BCUT2D eigenvalue weighted by atomic mass is 32.1. The largest absolute Gasteiger partial charge is 0.394 e. The van der Waals surface area contributed by atoms with Crippen LogP contribution < -0.4 is 5.32 Å². The van der Waals surface area contributed by atoms with Gasteiger partial charge in [0.1, 0.15) is 5.01 Å². The van der Waals surface area contributed by atoms with Crippen LogP contribution in [0.25, 0.3) is 0 Å². The fourth-order valence-electron chi connectivity index (χ4n) is 1.20. The van der Waals surface area contributed by atoms with Gasteiger partial charge in [-0.05, 0) is 20.3 Å². The Labute approximate surface area is 89.2 Å². The molecule has 80 valence electrons. The Hall–Kier alpha value is -0.450. The van der Waals surface area contributed by atoms with E-state index in [4.69, 9.17) is 0 Å². The number of nitrogens with one attached hydrogen (secondary N) is 1. The third kappa shape index (κ3) is 3.04. The number of hydrogen-bond donors (Lipinski definition) is 2. The molecule has 0 fully saturated rings. The molecular formula is C10H18N2OS. The number of thiazole rings is 1. The molecule has 0 amide bonds. The van der Waals surface area contributed by atoms with Gasteiger partial charge in [0.15, 0.2) is 0 Å². The van der Waals surface area contributed by atoms with E-state index < -0.39 is 0 Å². The molecule has 0 aliphatic rings. The van der Waals surface area contributed by atoms with E-state index in [-0.39, 0.29) is 12.6 Å². The van der Waals surface area contributed by atoms with E-state index in [0.29, 0.717) is 6.04 Å². The summed E-state index contributed by atoms with van der Waals surface area (Å²) in [7, 11) is 0. The van der Waals surface area contributed by atoms with Crippen molar-refractivity contribution in [3.05, 3.63) is 16.1 Å². The third-order valence-corrected chi connectivity index (χ3v) is 3.29. The Balaban J connectivity index is 2.62. The van der Waals surface area contributed by atoms with E-state index in [1.165, 1.54) is 0 Å². The molecule has 2 unspecified atom stereocenters. The van der Waals surface area contributed by atoms with Crippen molar-refractivity contribution >= 4 is 11.3 Å². The Morgan fingerprint density at radius 2 is 2.36 bits per heavy atom. The van der Waals surface area contributed by atoms with Gasteiger partial charge in [0, 0.05) is 17.1 Å². The van der Waals surface area contributed by atoms with Crippen molar-refractivity contribution in [2.45, 2.75) is 39.3 Å². The first-order chi connectivity index (χ1) is 6.67. The molecule has 2 atom stereocenters. The molecule has 0 aliphatic heterocycles. The van der Waals surface area contributed by atoms with Gasteiger partial charge in [-0.3, -0.25) is 0 Å². The van der Waals surface area contributed by atoms with Crippen LogP contribution in [0.1, 0.15) is 37.0 Å². The molecule has 1 aromatic heterocycles. The molecular weight excluding hydrogens is 196 g/mol. The Bertz CT molecular complexity index is 275. The Morgan fingerprint density at radius 1 is 1.64 bits per heavy atom. The van der Waals surface area contributed by atoms with Crippen LogP contribution in [0.5, 0.6) is 0 Å². The number of aliphatic hydroxyl groups is 1. The molecule has 0 aliphatic carbocycles. The number of hydrogen-bond acceptors (Lipinski definition) is 4. The lowest BCUT2D eigenvalue weighted by Crippen LogP contribution is -2.32. The van der Waals surface area contributed by atoms with Gasteiger partial charge < -0.3 is 10.4 Å². The summed E-state index contributed by atoms with van der Waals surface area (Å²) in [5.74, 6) is 0. The summed E-state index contributed by atoms with van der Waals surface area (Å²) < 4.78 is 0. The number of nitrogens with zero attached hydrogens (tertiary/aromatic N) is 1. The highest BCUT2D eigenvalue weighted by molar-refractivity contribution is 7.09. The van der Waals surface area contributed by atoms with Crippen molar-refractivity contribution in [2.24, 2.45) is 0 Å². The first-order valence-electron chi connectivity index (χ1n) is 4.96. The summed E-state index contributed by atoms with van der Waals surface area (Å²) in [5, 5.41) is 15.6. The summed E-state index contributed by atoms with van der Waals surface area (Å²) in [4.78, 5) is 4.37.